The SMILES string of the molecule is CCOc1nc(NN)nc(NC(C)(CC)CO)n1. The number of ether oxygens (including phenoxy) is 1. The monoisotopic (exact) mass is 256 g/mol. The van der Waals surface area contributed by atoms with Gasteiger partial charge in [0.05, 0.1) is 18.8 Å². The molecule has 0 aliphatic heterocycles. The Morgan fingerprint density at radius 1 is 1.28 bits per heavy atom. The highest BCUT2D eigenvalue weighted by atomic mass is 16.5. The molecule has 8 nitrogen and oxygen atoms in total. The van der Waals surface area contributed by atoms with Gasteiger partial charge in [-0.15, -0.1) is 0 Å². The second-order valence-corrected chi connectivity index (χ2v) is 4.04. The summed E-state index contributed by atoms with van der Waals surface area (Å²) < 4.78 is 5.21. The van der Waals surface area contributed by atoms with Crippen LogP contribution < -0.4 is 21.3 Å². The molecule has 0 amide bonds. The minimum Gasteiger partial charge on any atom is -0.464 e. The van der Waals surface area contributed by atoms with E-state index in [9.17, 15) is 5.11 Å². The second kappa shape index (κ2) is 6.31. The minimum absolute atomic E-state index is 0.0372. The van der Waals surface area contributed by atoms with E-state index in [1.54, 1.807) is 0 Å². The molecule has 1 rings (SSSR count). The van der Waals surface area contributed by atoms with Crippen LogP contribution in [-0.4, -0.2) is 38.8 Å². The molecule has 1 aromatic heterocycles. The van der Waals surface area contributed by atoms with Crippen LogP contribution in [0.3, 0.4) is 0 Å². The van der Waals surface area contributed by atoms with Gasteiger partial charge >= 0.3 is 6.01 Å². The molecule has 0 aliphatic rings. The van der Waals surface area contributed by atoms with Crippen molar-refractivity contribution in [1.29, 1.82) is 0 Å². The topological polar surface area (TPSA) is 118 Å². The number of aliphatic hydroxyl groups is 1. The van der Waals surface area contributed by atoms with E-state index in [2.05, 4.69) is 25.7 Å². The highest BCUT2D eigenvalue weighted by molar-refractivity contribution is 5.37. The van der Waals surface area contributed by atoms with Crippen molar-refractivity contribution in [3.8, 4) is 6.01 Å². The van der Waals surface area contributed by atoms with Crippen LogP contribution >= 0.6 is 0 Å². The molecule has 1 aromatic rings. The van der Waals surface area contributed by atoms with Crippen molar-refractivity contribution in [2.45, 2.75) is 32.7 Å². The summed E-state index contributed by atoms with van der Waals surface area (Å²) in [6.45, 7) is 6.06. The van der Waals surface area contributed by atoms with Gasteiger partial charge in [0.15, 0.2) is 0 Å². The maximum atomic E-state index is 9.34. The Bertz CT molecular complexity index is 383. The quantitative estimate of drug-likeness (QED) is 0.401. The Labute approximate surface area is 106 Å². The molecule has 0 aliphatic carbocycles. The molecule has 0 fully saturated rings. The molecule has 102 valence electrons. The van der Waals surface area contributed by atoms with E-state index in [1.807, 2.05) is 20.8 Å². The summed E-state index contributed by atoms with van der Waals surface area (Å²) in [6, 6.07) is 0.180. The van der Waals surface area contributed by atoms with Gasteiger partial charge in [0.2, 0.25) is 11.9 Å². The first kappa shape index (κ1) is 14.4. The van der Waals surface area contributed by atoms with Crippen molar-refractivity contribution in [2.75, 3.05) is 24.0 Å². The summed E-state index contributed by atoms with van der Waals surface area (Å²) in [4.78, 5) is 12.1. The number of nitrogens with one attached hydrogen (secondary N) is 2. The second-order valence-electron chi connectivity index (χ2n) is 4.04. The standard InChI is InChI=1S/C10H20N6O2/c1-4-10(3,6-17)15-7-12-8(16-11)14-9(13-7)18-5-2/h17H,4-6,11H2,1-3H3,(H2,12,13,14,15,16). The number of nitrogens with two attached hydrogens (primary N) is 1. The molecule has 1 unspecified atom stereocenters. The van der Waals surface area contributed by atoms with Gasteiger partial charge in [-0.25, -0.2) is 5.84 Å². The fourth-order valence-corrected chi connectivity index (χ4v) is 1.18. The molecular formula is C10H20N6O2. The Morgan fingerprint density at radius 3 is 2.44 bits per heavy atom. The van der Waals surface area contributed by atoms with Gasteiger partial charge in [0.25, 0.3) is 0 Å². The van der Waals surface area contributed by atoms with Crippen molar-refractivity contribution < 1.29 is 9.84 Å². The Balaban J connectivity index is 2.96. The molecular weight excluding hydrogens is 236 g/mol. The first-order valence-electron chi connectivity index (χ1n) is 5.81. The fourth-order valence-electron chi connectivity index (χ4n) is 1.18. The zero-order valence-corrected chi connectivity index (χ0v) is 10.9. The van der Waals surface area contributed by atoms with Crippen LogP contribution in [0.1, 0.15) is 27.2 Å². The molecule has 5 N–H and O–H groups in total. The van der Waals surface area contributed by atoms with Gasteiger partial charge in [-0.2, -0.15) is 15.0 Å². The summed E-state index contributed by atoms with van der Waals surface area (Å²) in [5, 5.41) is 12.4. The molecule has 8 heteroatoms. The van der Waals surface area contributed by atoms with E-state index < -0.39 is 5.54 Å². The zero-order valence-electron chi connectivity index (χ0n) is 10.9. The van der Waals surface area contributed by atoms with Gasteiger partial charge in [0, 0.05) is 0 Å². The van der Waals surface area contributed by atoms with Crippen LogP contribution in [0.2, 0.25) is 0 Å². The Hall–Kier alpha value is -1.67. The third kappa shape index (κ3) is 3.67. The molecule has 0 radical (unpaired) electrons. The van der Waals surface area contributed by atoms with E-state index in [0.29, 0.717) is 19.0 Å². The number of nitrogen functional groups attached to an aromatic ring is 1. The van der Waals surface area contributed by atoms with E-state index in [1.165, 1.54) is 0 Å². The number of aliphatic hydroxyl groups excluding tert-OH is 1. The first-order chi connectivity index (χ1) is 8.56. The molecule has 0 saturated heterocycles. The van der Waals surface area contributed by atoms with Crippen LogP contribution in [-0.2, 0) is 0 Å². The summed E-state index contributed by atoms with van der Waals surface area (Å²) in [5.41, 5.74) is 1.84. The van der Waals surface area contributed by atoms with Crippen molar-refractivity contribution >= 4 is 11.9 Å². The number of nitrogens with zero attached hydrogens (tertiary/aromatic N) is 3. The molecule has 1 atom stereocenters. The molecule has 0 bridgehead atoms. The largest absolute Gasteiger partial charge is 0.464 e. The van der Waals surface area contributed by atoms with Crippen LogP contribution in [0.4, 0.5) is 11.9 Å². The normalized spacial score (nSPS) is 13.8. The van der Waals surface area contributed by atoms with Crippen molar-refractivity contribution in [3.63, 3.8) is 0 Å². The number of hydrogen-bond acceptors (Lipinski definition) is 8. The lowest BCUT2D eigenvalue weighted by molar-refractivity contribution is 0.218. The van der Waals surface area contributed by atoms with Crippen molar-refractivity contribution in [2.24, 2.45) is 5.84 Å². The fraction of sp³-hybridized carbons (Fsp3) is 0.700. The van der Waals surface area contributed by atoms with Gasteiger partial charge in [-0.1, -0.05) is 6.92 Å². The molecule has 0 spiro atoms. The minimum atomic E-state index is -0.503. The van der Waals surface area contributed by atoms with Gasteiger partial charge in [0.1, 0.15) is 0 Å². The van der Waals surface area contributed by atoms with Crippen molar-refractivity contribution in [1.82, 2.24) is 15.0 Å². The third-order valence-corrected chi connectivity index (χ3v) is 2.56. The first-order valence-corrected chi connectivity index (χ1v) is 5.81. The summed E-state index contributed by atoms with van der Waals surface area (Å²) >= 11 is 0. The Morgan fingerprint density at radius 2 is 1.94 bits per heavy atom. The average Bonchev–Trinajstić information content (AvgIpc) is 2.38. The van der Waals surface area contributed by atoms with E-state index >= 15 is 0 Å². The summed E-state index contributed by atoms with van der Waals surface area (Å²) in [7, 11) is 0. The lowest BCUT2D eigenvalue weighted by atomic mass is 10.0. The molecule has 1 heterocycles. The third-order valence-electron chi connectivity index (χ3n) is 2.56. The van der Waals surface area contributed by atoms with Crippen LogP contribution in [0.15, 0.2) is 0 Å². The zero-order chi connectivity index (χ0) is 13.6. The predicted molar refractivity (Wildman–Crippen MR) is 68.2 cm³/mol. The maximum absolute atomic E-state index is 9.34. The lowest BCUT2D eigenvalue weighted by Gasteiger charge is -2.27. The van der Waals surface area contributed by atoms with Crippen LogP contribution in [0.5, 0.6) is 6.01 Å². The van der Waals surface area contributed by atoms with E-state index in [0.717, 1.165) is 0 Å². The lowest BCUT2D eigenvalue weighted by Crippen LogP contribution is -2.38. The van der Waals surface area contributed by atoms with Crippen LogP contribution in [0.25, 0.3) is 0 Å². The number of hydrogen-bond donors (Lipinski definition) is 4. The molecule has 0 saturated carbocycles. The predicted octanol–water partition coefficient (Wildman–Crippen LogP) is 0.129. The number of anilines is 2. The Kier molecular flexibility index (Phi) is 5.05. The van der Waals surface area contributed by atoms with Gasteiger partial charge in [-0.05, 0) is 20.3 Å². The highest BCUT2D eigenvalue weighted by Gasteiger charge is 2.22. The summed E-state index contributed by atoms with van der Waals surface area (Å²) in [6.07, 6.45) is 0.713. The number of rotatable bonds is 7. The molecule has 0 aromatic carbocycles. The molecule has 18 heavy (non-hydrogen) atoms. The van der Waals surface area contributed by atoms with E-state index in [-0.39, 0.29) is 18.6 Å². The average molecular weight is 256 g/mol. The smallest absolute Gasteiger partial charge is 0.323 e. The highest BCUT2D eigenvalue weighted by Crippen LogP contribution is 2.17. The summed E-state index contributed by atoms with van der Waals surface area (Å²) in [5.74, 6) is 5.78. The maximum Gasteiger partial charge on any atom is 0.323 e. The number of hydrazine groups is 1. The van der Waals surface area contributed by atoms with Gasteiger partial charge < -0.3 is 15.2 Å². The number of aromatic nitrogens is 3. The van der Waals surface area contributed by atoms with Crippen molar-refractivity contribution in [3.05, 3.63) is 0 Å². The van der Waals surface area contributed by atoms with Crippen LogP contribution in [0, 0.1) is 0 Å². The van der Waals surface area contributed by atoms with E-state index in [4.69, 9.17) is 10.6 Å². The van der Waals surface area contributed by atoms with Gasteiger partial charge in [-0.3, -0.25) is 5.43 Å².